The Morgan fingerprint density at radius 3 is 1.58 bits per heavy atom. The minimum Gasteiger partial charge on any atom is -0.481 e. The number of carbonyl (C=O) groups is 8. The van der Waals surface area contributed by atoms with Gasteiger partial charge in [-0.25, -0.2) is 9.36 Å². The number of aliphatic carboxylic acids is 3. The molecule has 0 saturated carbocycles. The van der Waals surface area contributed by atoms with E-state index in [9.17, 15) is 53.1 Å². The van der Waals surface area contributed by atoms with Crippen LogP contribution in [0.2, 0.25) is 0 Å². The van der Waals surface area contributed by atoms with E-state index in [1.807, 2.05) is 48.5 Å². The summed E-state index contributed by atoms with van der Waals surface area (Å²) in [5.74, 6) is -8.77. The molecule has 3 aromatic carbocycles. The number of ether oxygens (including phenoxy) is 1. The number of carboxylic acid groups (broad SMARTS) is 3. The molecule has 0 unspecified atom stereocenters. The minimum atomic E-state index is -4.93. The highest BCUT2D eigenvalue weighted by Crippen LogP contribution is 2.44. The molecular weight excluding hydrogens is 837 g/mol. The summed E-state index contributed by atoms with van der Waals surface area (Å²) in [7, 11) is -4.93. The van der Waals surface area contributed by atoms with Crippen molar-refractivity contribution in [2.45, 2.75) is 82.1 Å². The highest BCUT2D eigenvalue weighted by Gasteiger charge is 2.33. The van der Waals surface area contributed by atoms with Gasteiger partial charge in [0.05, 0.1) is 0 Å². The highest BCUT2D eigenvalue weighted by atomic mass is 31.2. The number of amides is 5. The topological polar surface area (TPSA) is 333 Å². The molecule has 21 nitrogen and oxygen atoms in total. The van der Waals surface area contributed by atoms with Crippen molar-refractivity contribution in [3.63, 3.8) is 0 Å². The van der Waals surface area contributed by atoms with Gasteiger partial charge in [-0.1, -0.05) is 60.7 Å². The quantitative estimate of drug-likeness (QED) is 0.0638. The van der Waals surface area contributed by atoms with Crippen LogP contribution in [0.3, 0.4) is 0 Å². The molecule has 0 radical (unpaired) electrons. The first-order valence-electron chi connectivity index (χ1n) is 19.1. The number of rotatable bonds is 22. The Bertz CT molecular complexity index is 2170. The van der Waals surface area contributed by atoms with Crippen LogP contribution >= 0.6 is 7.82 Å². The number of phosphoric acid groups is 1. The maximum Gasteiger partial charge on any atom is 0.524 e. The summed E-state index contributed by atoms with van der Waals surface area (Å²) in [6.45, 7) is 2.26. The fourth-order valence-corrected chi connectivity index (χ4v) is 6.84. The highest BCUT2D eigenvalue weighted by molar-refractivity contribution is 7.46. The monoisotopic (exact) mass is 883 g/mol. The first-order chi connectivity index (χ1) is 29.2. The van der Waals surface area contributed by atoms with Gasteiger partial charge in [0.25, 0.3) is 0 Å². The smallest absolute Gasteiger partial charge is 0.481 e. The largest absolute Gasteiger partial charge is 0.524 e. The first-order valence-corrected chi connectivity index (χ1v) is 20.6. The van der Waals surface area contributed by atoms with Gasteiger partial charge in [-0.3, -0.25) is 43.3 Å². The predicted molar refractivity (Wildman–Crippen MR) is 215 cm³/mol. The Morgan fingerprint density at radius 2 is 1.08 bits per heavy atom. The fourth-order valence-electron chi connectivity index (χ4n) is 6.45. The maximum absolute atomic E-state index is 13.9. The Balaban J connectivity index is 1.53. The van der Waals surface area contributed by atoms with Crippen LogP contribution in [0.4, 0.5) is 4.79 Å². The Hall–Kier alpha value is -6.83. The third kappa shape index (κ3) is 14.1. The molecule has 0 bridgehead atoms. The summed E-state index contributed by atoms with van der Waals surface area (Å²) in [6.07, 6.45) is -3.80. The summed E-state index contributed by atoms with van der Waals surface area (Å²) in [6, 6.07) is 12.4. The summed E-state index contributed by atoms with van der Waals surface area (Å²) < 4.78 is 21.3. The molecule has 3 aromatic rings. The Kier molecular flexibility index (Phi) is 16.7. The zero-order chi connectivity index (χ0) is 45.7. The van der Waals surface area contributed by atoms with E-state index < -0.39 is 111 Å². The van der Waals surface area contributed by atoms with Gasteiger partial charge in [-0.15, -0.1) is 0 Å². The summed E-state index contributed by atoms with van der Waals surface area (Å²) >= 11 is 0. The number of alkyl carbamates (subject to hydrolysis) is 1. The van der Waals surface area contributed by atoms with Crippen LogP contribution in [0.1, 0.15) is 62.1 Å². The third-order valence-electron chi connectivity index (χ3n) is 9.58. The van der Waals surface area contributed by atoms with E-state index in [1.54, 1.807) is 0 Å². The summed E-state index contributed by atoms with van der Waals surface area (Å²) in [5.41, 5.74) is 3.98. The normalized spacial score (nSPS) is 14.3. The lowest BCUT2D eigenvalue weighted by molar-refractivity contribution is -0.142. The van der Waals surface area contributed by atoms with Gasteiger partial charge in [0, 0.05) is 25.2 Å². The lowest BCUT2D eigenvalue weighted by atomic mass is 9.98. The van der Waals surface area contributed by atoms with Crippen LogP contribution in [0.25, 0.3) is 11.1 Å². The molecule has 0 saturated heterocycles. The average molecular weight is 884 g/mol. The van der Waals surface area contributed by atoms with E-state index in [0.717, 1.165) is 34.4 Å². The van der Waals surface area contributed by atoms with Crippen molar-refractivity contribution in [2.24, 2.45) is 0 Å². The van der Waals surface area contributed by atoms with Gasteiger partial charge in [0.2, 0.25) is 23.6 Å². The van der Waals surface area contributed by atoms with Crippen LogP contribution in [-0.4, -0.2) is 110 Å². The van der Waals surface area contributed by atoms with Gasteiger partial charge in [0.15, 0.2) is 0 Å². The van der Waals surface area contributed by atoms with Crippen molar-refractivity contribution < 1.29 is 77.3 Å². The Morgan fingerprint density at radius 1 is 0.613 bits per heavy atom. The van der Waals surface area contributed by atoms with Gasteiger partial charge < -0.3 is 51.2 Å². The number of hydrogen-bond donors (Lipinski definition) is 10. The molecule has 4 rings (SSSR count). The third-order valence-corrected chi connectivity index (χ3v) is 10.0. The molecule has 0 heterocycles. The maximum atomic E-state index is 13.9. The zero-order valence-electron chi connectivity index (χ0n) is 33.3. The first kappa shape index (κ1) is 47.8. The van der Waals surface area contributed by atoms with E-state index >= 15 is 0 Å². The van der Waals surface area contributed by atoms with E-state index in [4.69, 9.17) is 19.6 Å². The molecule has 1 aliphatic carbocycles. The molecule has 332 valence electrons. The molecule has 0 spiro atoms. The van der Waals surface area contributed by atoms with Crippen LogP contribution in [0, 0.1) is 0 Å². The standard InChI is InChI=1S/C40H46N5O16P/c1-21(35(50)42-22(2)39(54)55)41-38(53)32(19-23-11-13-24(14-12-23)61-62(57,58)59)44-36(51)30(15-17-33(46)47)43-37(52)31(16-18-34(48)49)45-40(56)60-20-29-27-9-5-3-7-25(27)26-8-4-6-10-28(26)29/h3-14,21-22,29-32H,15-20H2,1-2H3,(H,41,53)(H,42,50)(H,43,52)(H,44,51)(H,45,56)(H,46,47)(H,48,49)(H,54,55)(H2,57,58,59)/t21-,22-,30-,31-,32-/m0/s1. The second-order valence-electron chi connectivity index (χ2n) is 14.2. The van der Waals surface area contributed by atoms with E-state index in [2.05, 4.69) is 31.1 Å². The molecule has 5 amide bonds. The van der Waals surface area contributed by atoms with Crippen LogP contribution in [0.15, 0.2) is 72.8 Å². The molecule has 22 heteroatoms. The molecular formula is C40H46N5O16P. The number of hydrogen-bond acceptors (Lipinski definition) is 11. The zero-order valence-corrected chi connectivity index (χ0v) is 34.2. The molecule has 62 heavy (non-hydrogen) atoms. The van der Waals surface area contributed by atoms with E-state index in [0.29, 0.717) is 0 Å². The minimum absolute atomic E-state index is 0.154. The lowest BCUT2D eigenvalue weighted by Gasteiger charge is -2.26. The SMILES string of the molecule is C[C@H](NC(=O)[C@H](C)NC(=O)[C@H](Cc1ccc(OP(=O)(O)O)cc1)NC(=O)[C@H](CCC(=O)O)NC(=O)[C@H](CCC(=O)O)NC(=O)OCC1c2ccccc2-c2ccccc21)C(=O)O. The van der Waals surface area contributed by atoms with Gasteiger partial charge in [0.1, 0.15) is 42.6 Å². The van der Waals surface area contributed by atoms with Crippen molar-refractivity contribution in [2.75, 3.05) is 6.61 Å². The molecule has 0 aliphatic heterocycles. The van der Waals surface area contributed by atoms with Gasteiger partial charge in [-0.05, 0) is 66.6 Å². The molecule has 1 aliphatic rings. The second kappa shape index (κ2) is 21.6. The predicted octanol–water partition coefficient (Wildman–Crippen LogP) is 1.40. The molecule has 10 N–H and O–H groups in total. The fraction of sp³-hybridized carbons (Fsp3) is 0.350. The lowest BCUT2D eigenvalue weighted by Crippen LogP contribution is -2.58. The van der Waals surface area contributed by atoms with Crippen LogP contribution in [0.5, 0.6) is 5.75 Å². The second-order valence-corrected chi connectivity index (χ2v) is 15.4. The number of phosphoric ester groups is 1. The number of fused-ring (bicyclic) bond motifs is 3. The van der Waals surface area contributed by atoms with E-state index in [1.165, 1.54) is 26.0 Å². The number of carbonyl (C=O) groups excluding carboxylic acids is 5. The van der Waals surface area contributed by atoms with Gasteiger partial charge in [-0.2, -0.15) is 0 Å². The van der Waals surface area contributed by atoms with Crippen molar-refractivity contribution in [3.05, 3.63) is 89.5 Å². The van der Waals surface area contributed by atoms with Crippen molar-refractivity contribution in [3.8, 4) is 16.9 Å². The summed E-state index contributed by atoms with van der Waals surface area (Å²) in [5, 5.41) is 39.6. The molecule has 0 fully saturated rings. The van der Waals surface area contributed by atoms with Crippen LogP contribution in [-0.2, 0) is 49.3 Å². The van der Waals surface area contributed by atoms with Crippen molar-refractivity contribution >= 4 is 55.5 Å². The average Bonchev–Trinajstić information content (AvgIpc) is 3.52. The number of nitrogens with one attached hydrogen (secondary N) is 5. The Labute approximate surface area is 353 Å². The number of benzene rings is 3. The summed E-state index contributed by atoms with van der Waals surface area (Å²) in [4.78, 5) is 120. The molecule has 0 aromatic heterocycles. The van der Waals surface area contributed by atoms with Gasteiger partial charge >= 0.3 is 31.8 Å². The van der Waals surface area contributed by atoms with Crippen LogP contribution < -0.4 is 31.1 Å². The van der Waals surface area contributed by atoms with Crippen molar-refractivity contribution in [1.29, 1.82) is 0 Å². The van der Waals surface area contributed by atoms with E-state index in [-0.39, 0.29) is 30.3 Å². The van der Waals surface area contributed by atoms with Crippen molar-refractivity contribution in [1.82, 2.24) is 26.6 Å². The number of carboxylic acids is 3. The molecule has 5 atom stereocenters.